The smallest absolute Gasteiger partial charge is 0.0899 e. The lowest BCUT2D eigenvalue weighted by atomic mass is 9.77. The van der Waals surface area contributed by atoms with Crippen molar-refractivity contribution in [3.8, 4) is 0 Å². The Balaban J connectivity index is 1.82. The van der Waals surface area contributed by atoms with E-state index in [0.717, 1.165) is 6.42 Å². The molecular formula is C10H12O3. The molecule has 0 aromatic rings. The van der Waals surface area contributed by atoms with E-state index in [4.69, 9.17) is 9.47 Å². The number of ether oxygens (including phenoxy) is 2. The molecule has 0 spiro atoms. The molecule has 6 bridgehead atoms. The topological polar surface area (TPSA) is 38.7 Å². The van der Waals surface area contributed by atoms with E-state index in [-0.39, 0.29) is 12.2 Å². The van der Waals surface area contributed by atoms with Crippen LogP contribution in [0.3, 0.4) is 0 Å². The van der Waals surface area contributed by atoms with Crippen LogP contribution in [-0.4, -0.2) is 35.6 Å². The summed E-state index contributed by atoms with van der Waals surface area (Å²) < 4.78 is 11.9. The SMILES string of the molecule is O[C@@H]1[C@H]2O[C@H]3[C@@H]4C[C@H]5O[C@H]([C@@H]2[C@@H]35)[C@H]14. The van der Waals surface area contributed by atoms with E-state index in [1.165, 1.54) is 0 Å². The van der Waals surface area contributed by atoms with E-state index in [0.29, 0.717) is 42.0 Å². The lowest BCUT2D eigenvalue weighted by Crippen LogP contribution is -2.46. The maximum atomic E-state index is 10.0. The van der Waals surface area contributed by atoms with Gasteiger partial charge in [0.1, 0.15) is 0 Å². The average Bonchev–Trinajstić information content (AvgIpc) is 2.72. The van der Waals surface area contributed by atoms with Gasteiger partial charge in [0.25, 0.3) is 0 Å². The molecule has 3 saturated carbocycles. The predicted molar refractivity (Wildman–Crippen MR) is 41.9 cm³/mol. The van der Waals surface area contributed by atoms with Crippen LogP contribution in [0, 0.1) is 23.7 Å². The van der Waals surface area contributed by atoms with Crippen LogP contribution in [0.5, 0.6) is 0 Å². The number of hydrogen-bond acceptors (Lipinski definition) is 3. The van der Waals surface area contributed by atoms with Crippen molar-refractivity contribution in [3.63, 3.8) is 0 Å². The summed E-state index contributed by atoms with van der Waals surface area (Å²) in [6, 6.07) is 0. The van der Waals surface area contributed by atoms with Crippen LogP contribution >= 0.6 is 0 Å². The standard InChI is InChI=1S/C10H12O3/c11-7-4-2-1-3-5-6(9(4)12-3)10(7)13-8(2)5/h2-11H,1H2/t2-,3-,4+,5+,6+,7+,8+,9+,10+/m1/s1. The molecule has 0 aromatic carbocycles. The Morgan fingerprint density at radius 1 is 0.923 bits per heavy atom. The number of rotatable bonds is 0. The first-order valence-corrected chi connectivity index (χ1v) is 5.35. The number of aliphatic hydroxyl groups excluding tert-OH is 1. The molecule has 1 N–H and O–H groups in total. The van der Waals surface area contributed by atoms with Gasteiger partial charge in [0.15, 0.2) is 0 Å². The van der Waals surface area contributed by atoms with Crippen LogP contribution in [0.1, 0.15) is 6.42 Å². The third kappa shape index (κ3) is 0.431. The molecule has 5 fully saturated rings. The largest absolute Gasteiger partial charge is 0.390 e. The molecule has 2 saturated heterocycles. The normalized spacial score (nSPS) is 80.5. The minimum absolute atomic E-state index is 0.131. The van der Waals surface area contributed by atoms with E-state index in [1.807, 2.05) is 0 Å². The number of fused-ring (bicyclic) bond motifs is 1. The van der Waals surface area contributed by atoms with E-state index in [1.54, 1.807) is 0 Å². The van der Waals surface area contributed by atoms with E-state index in [2.05, 4.69) is 0 Å². The molecule has 13 heavy (non-hydrogen) atoms. The Labute approximate surface area is 76.0 Å². The second-order valence-corrected chi connectivity index (χ2v) is 5.33. The van der Waals surface area contributed by atoms with Crippen LogP contribution in [0.25, 0.3) is 0 Å². The van der Waals surface area contributed by atoms with Gasteiger partial charge in [0.2, 0.25) is 0 Å². The summed E-state index contributed by atoms with van der Waals surface area (Å²) in [5.74, 6) is 2.24. The highest BCUT2D eigenvalue weighted by molar-refractivity contribution is 5.24. The van der Waals surface area contributed by atoms with Crippen LogP contribution in [0.4, 0.5) is 0 Å². The molecule has 9 atom stereocenters. The van der Waals surface area contributed by atoms with Crippen molar-refractivity contribution in [2.24, 2.45) is 23.7 Å². The summed E-state index contributed by atoms with van der Waals surface area (Å²) in [6.07, 6.45) is 2.35. The van der Waals surface area contributed by atoms with E-state index >= 15 is 0 Å². The molecule has 5 rings (SSSR count). The third-order valence-electron chi connectivity index (χ3n) is 5.19. The molecule has 0 aromatic heterocycles. The fraction of sp³-hybridized carbons (Fsp3) is 1.00. The first-order chi connectivity index (χ1) is 6.36. The first-order valence-electron chi connectivity index (χ1n) is 5.35. The lowest BCUT2D eigenvalue weighted by molar-refractivity contribution is -0.139. The Hall–Kier alpha value is -0.120. The van der Waals surface area contributed by atoms with Gasteiger partial charge in [-0.15, -0.1) is 0 Å². The van der Waals surface area contributed by atoms with Gasteiger partial charge in [0, 0.05) is 17.8 Å². The summed E-state index contributed by atoms with van der Waals surface area (Å²) in [6.45, 7) is 0. The van der Waals surface area contributed by atoms with Gasteiger partial charge in [-0.1, -0.05) is 0 Å². The van der Waals surface area contributed by atoms with Gasteiger partial charge in [-0.25, -0.2) is 0 Å². The third-order valence-corrected chi connectivity index (χ3v) is 5.19. The van der Waals surface area contributed by atoms with Crippen molar-refractivity contribution >= 4 is 0 Å². The molecule has 0 unspecified atom stereocenters. The van der Waals surface area contributed by atoms with Crippen molar-refractivity contribution in [1.82, 2.24) is 0 Å². The maximum absolute atomic E-state index is 10.0. The predicted octanol–water partition coefficient (Wildman–Crippen LogP) is -0.222. The molecule has 3 heteroatoms. The highest BCUT2D eigenvalue weighted by Crippen LogP contribution is 2.69. The van der Waals surface area contributed by atoms with Crippen molar-refractivity contribution < 1.29 is 14.6 Å². The molecule has 2 heterocycles. The zero-order valence-electron chi connectivity index (χ0n) is 7.17. The Bertz CT molecular complexity index is 294. The zero-order chi connectivity index (χ0) is 8.32. The van der Waals surface area contributed by atoms with Gasteiger partial charge < -0.3 is 14.6 Å². The molecule has 2 aliphatic heterocycles. The van der Waals surface area contributed by atoms with Gasteiger partial charge in [0.05, 0.1) is 30.5 Å². The lowest BCUT2D eigenvalue weighted by Gasteiger charge is -2.38. The number of hydrogen-bond donors (Lipinski definition) is 1. The molecule has 0 amide bonds. The van der Waals surface area contributed by atoms with Crippen LogP contribution < -0.4 is 0 Å². The van der Waals surface area contributed by atoms with Crippen LogP contribution in [0.2, 0.25) is 0 Å². The maximum Gasteiger partial charge on any atom is 0.0899 e. The highest BCUT2D eigenvalue weighted by atomic mass is 16.6. The van der Waals surface area contributed by atoms with Gasteiger partial charge in [-0.3, -0.25) is 0 Å². The zero-order valence-corrected chi connectivity index (χ0v) is 7.17. The summed E-state index contributed by atoms with van der Waals surface area (Å²) in [7, 11) is 0. The molecular weight excluding hydrogens is 168 g/mol. The van der Waals surface area contributed by atoms with Crippen molar-refractivity contribution in [1.29, 1.82) is 0 Å². The monoisotopic (exact) mass is 180 g/mol. The van der Waals surface area contributed by atoms with Crippen molar-refractivity contribution in [2.45, 2.75) is 36.9 Å². The van der Waals surface area contributed by atoms with Crippen molar-refractivity contribution in [2.75, 3.05) is 0 Å². The van der Waals surface area contributed by atoms with Gasteiger partial charge in [-0.05, 0) is 12.3 Å². The van der Waals surface area contributed by atoms with Crippen LogP contribution in [-0.2, 0) is 9.47 Å². The molecule has 5 aliphatic rings. The Morgan fingerprint density at radius 3 is 2.77 bits per heavy atom. The Kier molecular flexibility index (Phi) is 0.773. The summed E-state index contributed by atoms with van der Waals surface area (Å²) in [5.41, 5.74) is 0. The molecule has 0 radical (unpaired) electrons. The summed E-state index contributed by atoms with van der Waals surface area (Å²) in [5, 5.41) is 10.0. The van der Waals surface area contributed by atoms with Gasteiger partial charge >= 0.3 is 0 Å². The first kappa shape index (κ1) is 6.38. The average molecular weight is 180 g/mol. The minimum Gasteiger partial charge on any atom is -0.390 e. The van der Waals surface area contributed by atoms with Crippen LogP contribution in [0.15, 0.2) is 0 Å². The van der Waals surface area contributed by atoms with Gasteiger partial charge in [-0.2, -0.15) is 0 Å². The van der Waals surface area contributed by atoms with E-state index < -0.39 is 0 Å². The minimum atomic E-state index is -0.220. The highest BCUT2D eigenvalue weighted by Gasteiger charge is 2.77. The molecule has 3 aliphatic carbocycles. The summed E-state index contributed by atoms with van der Waals surface area (Å²) in [4.78, 5) is 0. The second-order valence-electron chi connectivity index (χ2n) is 5.33. The summed E-state index contributed by atoms with van der Waals surface area (Å²) >= 11 is 0. The fourth-order valence-electron chi connectivity index (χ4n) is 4.99. The Morgan fingerprint density at radius 2 is 1.85 bits per heavy atom. The van der Waals surface area contributed by atoms with Crippen molar-refractivity contribution in [3.05, 3.63) is 0 Å². The second kappa shape index (κ2) is 1.58. The number of aliphatic hydroxyl groups is 1. The quantitative estimate of drug-likeness (QED) is 0.560. The molecule has 70 valence electrons. The fourth-order valence-corrected chi connectivity index (χ4v) is 4.99. The van der Waals surface area contributed by atoms with E-state index in [9.17, 15) is 5.11 Å². The molecule has 3 nitrogen and oxygen atoms in total.